The maximum atomic E-state index is 13.1. The monoisotopic (exact) mass is 327 g/mol. The van der Waals surface area contributed by atoms with Crippen molar-refractivity contribution in [3.8, 4) is 0 Å². The Hall–Kier alpha value is -0.900. The Bertz CT molecular complexity index is 400. The van der Waals surface area contributed by atoms with Crippen molar-refractivity contribution < 1.29 is 14.3 Å². The van der Waals surface area contributed by atoms with Gasteiger partial charge in [-0.2, -0.15) is 0 Å². The van der Waals surface area contributed by atoms with Crippen molar-refractivity contribution in [1.82, 2.24) is 5.32 Å². The van der Waals surface area contributed by atoms with Crippen molar-refractivity contribution in [1.29, 1.82) is 0 Å². The molecule has 0 saturated carbocycles. The molecule has 0 spiro atoms. The predicted octanol–water partition coefficient (Wildman–Crippen LogP) is 3.83. The second-order valence-electron chi connectivity index (χ2n) is 9.18. The van der Waals surface area contributed by atoms with Crippen molar-refractivity contribution >= 4 is 11.7 Å². The average Bonchev–Trinajstić information content (AvgIpc) is 2.29. The van der Waals surface area contributed by atoms with E-state index in [9.17, 15) is 9.59 Å². The van der Waals surface area contributed by atoms with E-state index >= 15 is 0 Å². The number of amides is 1. The zero-order valence-electron chi connectivity index (χ0n) is 16.7. The van der Waals surface area contributed by atoms with Gasteiger partial charge in [0.2, 0.25) is 5.91 Å². The first kappa shape index (κ1) is 22.1. The van der Waals surface area contributed by atoms with Gasteiger partial charge in [0, 0.05) is 5.92 Å². The quantitative estimate of drug-likeness (QED) is 0.773. The van der Waals surface area contributed by atoms with Crippen LogP contribution in [0.25, 0.3) is 0 Å². The predicted molar refractivity (Wildman–Crippen MR) is 95.3 cm³/mol. The van der Waals surface area contributed by atoms with Crippen LogP contribution in [0.5, 0.6) is 0 Å². The molecule has 0 rings (SSSR count). The summed E-state index contributed by atoms with van der Waals surface area (Å²) >= 11 is 0. The van der Waals surface area contributed by atoms with Gasteiger partial charge in [-0.05, 0) is 38.0 Å². The summed E-state index contributed by atoms with van der Waals surface area (Å²) in [7, 11) is 0. The number of carbonyl (C=O) groups is 2. The molecule has 0 aliphatic heterocycles. The molecule has 0 saturated heterocycles. The first-order valence-electron chi connectivity index (χ1n) is 8.64. The second-order valence-corrected chi connectivity index (χ2v) is 9.18. The lowest BCUT2D eigenvalue weighted by Crippen LogP contribution is -2.51. The van der Waals surface area contributed by atoms with Gasteiger partial charge < -0.3 is 10.1 Å². The van der Waals surface area contributed by atoms with Gasteiger partial charge in [0.1, 0.15) is 6.61 Å². The van der Waals surface area contributed by atoms with Gasteiger partial charge in [-0.15, -0.1) is 0 Å². The van der Waals surface area contributed by atoms with Crippen LogP contribution in [0.15, 0.2) is 0 Å². The van der Waals surface area contributed by atoms with E-state index in [0.717, 1.165) is 0 Å². The van der Waals surface area contributed by atoms with Gasteiger partial charge >= 0.3 is 0 Å². The number of ketones is 1. The van der Waals surface area contributed by atoms with Gasteiger partial charge in [0.05, 0.1) is 11.6 Å². The Labute approximate surface area is 142 Å². The molecule has 0 aromatic heterocycles. The highest BCUT2D eigenvalue weighted by Crippen LogP contribution is 2.34. The molecule has 136 valence electrons. The molecule has 23 heavy (non-hydrogen) atoms. The van der Waals surface area contributed by atoms with Gasteiger partial charge in [0.25, 0.3) is 0 Å². The summed E-state index contributed by atoms with van der Waals surface area (Å²) < 4.78 is 5.50. The van der Waals surface area contributed by atoms with E-state index in [0.29, 0.717) is 0 Å². The van der Waals surface area contributed by atoms with E-state index in [1.54, 1.807) is 0 Å². The Morgan fingerprint density at radius 3 is 1.70 bits per heavy atom. The van der Waals surface area contributed by atoms with E-state index in [-0.39, 0.29) is 47.1 Å². The molecule has 0 radical (unpaired) electrons. The minimum absolute atomic E-state index is 0.0259. The third-order valence-electron chi connectivity index (χ3n) is 3.83. The smallest absolute Gasteiger partial charge is 0.246 e. The molecule has 0 bridgehead atoms. The highest BCUT2D eigenvalue weighted by molar-refractivity contribution is 5.91. The van der Waals surface area contributed by atoms with E-state index in [1.807, 2.05) is 34.6 Å². The Morgan fingerprint density at radius 1 is 0.913 bits per heavy atom. The van der Waals surface area contributed by atoms with Crippen LogP contribution >= 0.6 is 0 Å². The molecule has 0 heterocycles. The standard InChI is InChI=1S/C19H37NO3/c1-12(2)15(18(5,6)7)17(22)16(13(3)4)20-14(21)11-23-19(8,9)10/h12-13,15-16H,11H2,1-10H3,(H,20,21)/t15?,16-/m0/s1. The third kappa shape index (κ3) is 7.96. The molecule has 0 aromatic rings. The third-order valence-corrected chi connectivity index (χ3v) is 3.83. The van der Waals surface area contributed by atoms with Crippen molar-refractivity contribution in [2.75, 3.05) is 6.61 Å². The molecule has 0 aliphatic carbocycles. The number of hydrogen-bond acceptors (Lipinski definition) is 3. The minimum Gasteiger partial charge on any atom is -0.366 e. The molecular formula is C19H37NO3. The Kier molecular flexibility index (Phi) is 7.95. The normalized spacial score (nSPS) is 15.7. The Balaban J connectivity index is 5.11. The van der Waals surface area contributed by atoms with Crippen molar-refractivity contribution in [3.63, 3.8) is 0 Å². The fraction of sp³-hybridized carbons (Fsp3) is 0.895. The van der Waals surface area contributed by atoms with Gasteiger partial charge in [-0.3, -0.25) is 9.59 Å². The summed E-state index contributed by atoms with van der Waals surface area (Å²) in [5.74, 6) is 0.0601. The fourth-order valence-electron chi connectivity index (χ4n) is 3.01. The fourth-order valence-corrected chi connectivity index (χ4v) is 3.01. The van der Waals surface area contributed by atoms with Gasteiger partial charge in [-0.1, -0.05) is 48.5 Å². The van der Waals surface area contributed by atoms with E-state index in [2.05, 4.69) is 39.9 Å². The summed E-state index contributed by atoms with van der Waals surface area (Å²) in [6.07, 6.45) is 0. The van der Waals surface area contributed by atoms with E-state index in [4.69, 9.17) is 4.74 Å². The zero-order chi connectivity index (χ0) is 18.6. The van der Waals surface area contributed by atoms with Gasteiger partial charge in [-0.25, -0.2) is 0 Å². The lowest BCUT2D eigenvalue weighted by atomic mass is 9.69. The molecule has 4 nitrogen and oxygen atoms in total. The summed E-state index contributed by atoms with van der Waals surface area (Å²) in [5.41, 5.74) is -0.508. The van der Waals surface area contributed by atoms with Crippen molar-refractivity contribution in [3.05, 3.63) is 0 Å². The molecule has 1 unspecified atom stereocenters. The van der Waals surface area contributed by atoms with Crippen LogP contribution in [0.3, 0.4) is 0 Å². The lowest BCUT2D eigenvalue weighted by Gasteiger charge is -2.36. The molecular weight excluding hydrogens is 290 g/mol. The molecule has 1 amide bonds. The van der Waals surface area contributed by atoms with E-state index < -0.39 is 6.04 Å². The van der Waals surface area contributed by atoms with Crippen LogP contribution in [0.1, 0.15) is 69.2 Å². The second kappa shape index (κ2) is 8.27. The molecule has 0 aromatic carbocycles. The van der Waals surface area contributed by atoms with Crippen molar-refractivity contribution in [2.24, 2.45) is 23.2 Å². The summed E-state index contributed by atoms with van der Waals surface area (Å²) in [5, 5.41) is 2.88. The highest BCUT2D eigenvalue weighted by atomic mass is 16.5. The SMILES string of the molecule is CC(C)C(C(=O)[C@@H](NC(=O)COC(C)(C)C)C(C)C)C(C)(C)C. The minimum atomic E-state index is -0.474. The number of hydrogen-bond donors (Lipinski definition) is 1. The summed E-state index contributed by atoms with van der Waals surface area (Å²) in [6.45, 7) is 20.0. The molecule has 4 heteroatoms. The number of ether oxygens (including phenoxy) is 1. The molecule has 0 aliphatic rings. The van der Waals surface area contributed by atoms with Crippen LogP contribution in [0.2, 0.25) is 0 Å². The number of Topliss-reactive ketones (excluding diaryl/α,β-unsaturated/α-hetero) is 1. The molecule has 0 fully saturated rings. The van der Waals surface area contributed by atoms with Crippen LogP contribution < -0.4 is 5.32 Å². The maximum absolute atomic E-state index is 13.1. The first-order chi connectivity index (χ1) is 10.2. The van der Waals surface area contributed by atoms with Crippen LogP contribution in [0, 0.1) is 23.2 Å². The van der Waals surface area contributed by atoms with Crippen LogP contribution in [-0.2, 0) is 14.3 Å². The number of carbonyl (C=O) groups excluding carboxylic acids is 2. The lowest BCUT2D eigenvalue weighted by molar-refractivity contribution is -0.138. The largest absolute Gasteiger partial charge is 0.366 e. The molecule has 1 N–H and O–H groups in total. The first-order valence-corrected chi connectivity index (χ1v) is 8.64. The van der Waals surface area contributed by atoms with Crippen LogP contribution in [-0.4, -0.2) is 29.9 Å². The van der Waals surface area contributed by atoms with Gasteiger partial charge in [0.15, 0.2) is 5.78 Å². The van der Waals surface area contributed by atoms with Crippen LogP contribution in [0.4, 0.5) is 0 Å². The maximum Gasteiger partial charge on any atom is 0.246 e. The number of rotatable bonds is 7. The zero-order valence-corrected chi connectivity index (χ0v) is 16.7. The number of nitrogens with one attached hydrogen (secondary N) is 1. The summed E-state index contributed by atoms with van der Waals surface area (Å²) in [4.78, 5) is 25.2. The molecule has 2 atom stereocenters. The van der Waals surface area contributed by atoms with Crippen molar-refractivity contribution in [2.45, 2.75) is 80.9 Å². The Morgan fingerprint density at radius 2 is 1.39 bits per heavy atom. The highest BCUT2D eigenvalue weighted by Gasteiger charge is 2.39. The summed E-state index contributed by atoms with van der Waals surface area (Å²) in [6, 6.07) is -0.474. The van der Waals surface area contributed by atoms with E-state index in [1.165, 1.54) is 0 Å². The topological polar surface area (TPSA) is 55.4 Å². The average molecular weight is 328 g/mol.